The third-order valence-corrected chi connectivity index (χ3v) is 5.32. The summed E-state index contributed by atoms with van der Waals surface area (Å²) < 4.78 is 0. The summed E-state index contributed by atoms with van der Waals surface area (Å²) in [5.74, 6) is -0.989. The molecule has 4 rings (SSSR count). The van der Waals surface area contributed by atoms with Gasteiger partial charge in [-0.1, -0.05) is 60.7 Å². The van der Waals surface area contributed by atoms with Crippen LogP contribution in [0.2, 0.25) is 0 Å². The van der Waals surface area contributed by atoms with Crippen molar-refractivity contribution in [2.24, 2.45) is 5.73 Å². The van der Waals surface area contributed by atoms with Crippen molar-refractivity contribution in [2.75, 3.05) is 0 Å². The lowest BCUT2D eigenvalue weighted by atomic mass is 9.99. The summed E-state index contributed by atoms with van der Waals surface area (Å²) in [5.41, 5.74) is 11.6. The highest BCUT2D eigenvalue weighted by molar-refractivity contribution is 5.89. The van der Waals surface area contributed by atoms with Crippen LogP contribution in [0.3, 0.4) is 0 Å². The average Bonchev–Trinajstić information content (AvgIpc) is 3.18. The molecule has 3 N–H and O–H groups in total. The standard InChI is InChI=1S/C24H22N2O3/c25-22(23(27)26-14-20-4-1-2-5-21(20)15-26)12-16-8-10-17(11-9-16)18-6-3-7-19(13-18)24(28)29/h1-11,13,22H,12,14-15,25H2,(H,28,29). The van der Waals surface area contributed by atoms with Crippen LogP contribution in [0.25, 0.3) is 11.1 Å². The van der Waals surface area contributed by atoms with Gasteiger partial charge in [-0.2, -0.15) is 0 Å². The Kier molecular flexibility index (Phi) is 5.14. The van der Waals surface area contributed by atoms with Gasteiger partial charge in [0.2, 0.25) is 5.91 Å². The summed E-state index contributed by atoms with van der Waals surface area (Å²) in [7, 11) is 0. The van der Waals surface area contributed by atoms with Crippen molar-refractivity contribution in [2.45, 2.75) is 25.6 Å². The molecule has 1 aliphatic rings. The van der Waals surface area contributed by atoms with Crippen LogP contribution >= 0.6 is 0 Å². The van der Waals surface area contributed by atoms with E-state index < -0.39 is 12.0 Å². The summed E-state index contributed by atoms with van der Waals surface area (Å²) in [6, 6.07) is 22.0. The van der Waals surface area contributed by atoms with E-state index >= 15 is 0 Å². The summed E-state index contributed by atoms with van der Waals surface area (Å²) in [6.07, 6.45) is 0.459. The first-order valence-corrected chi connectivity index (χ1v) is 9.55. The second kappa shape index (κ2) is 7.89. The first kappa shape index (κ1) is 18.9. The van der Waals surface area contributed by atoms with Gasteiger partial charge < -0.3 is 15.7 Å². The van der Waals surface area contributed by atoms with E-state index in [9.17, 15) is 9.59 Å². The minimum atomic E-state index is -0.947. The molecule has 1 unspecified atom stereocenters. The van der Waals surface area contributed by atoms with E-state index in [1.165, 1.54) is 11.1 Å². The predicted octanol–water partition coefficient (Wildman–Crippen LogP) is 3.46. The molecule has 0 saturated heterocycles. The van der Waals surface area contributed by atoms with Gasteiger partial charge in [0.05, 0.1) is 11.6 Å². The maximum absolute atomic E-state index is 12.8. The van der Waals surface area contributed by atoms with Crippen LogP contribution in [0.5, 0.6) is 0 Å². The van der Waals surface area contributed by atoms with Gasteiger partial charge in [-0.15, -0.1) is 0 Å². The highest BCUT2D eigenvalue weighted by atomic mass is 16.4. The number of nitrogens with zero attached hydrogens (tertiary/aromatic N) is 1. The molecule has 0 bridgehead atoms. The molecular weight excluding hydrogens is 364 g/mol. The van der Waals surface area contributed by atoms with Crippen molar-refractivity contribution >= 4 is 11.9 Å². The van der Waals surface area contributed by atoms with Crippen LogP contribution in [-0.2, 0) is 24.3 Å². The Labute approximate surface area is 169 Å². The molecule has 0 spiro atoms. The van der Waals surface area contributed by atoms with Crippen LogP contribution in [0.4, 0.5) is 0 Å². The Bertz CT molecular complexity index is 1030. The molecule has 0 saturated carbocycles. The SMILES string of the molecule is NC(Cc1ccc(-c2cccc(C(=O)O)c2)cc1)C(=O)N1Cc2ccccc2C1. The lowest BCUT2D eigenvalue weighted by molar-refractivity contribution is -0.133. The second-order valence-corrected chi connectivity index (χ2v) is 7.36. The normalized spacial score (nSPS) is 13.8. The number of aromatic carboxylic acids is 1. The number of carbonyl (C=O) groups is 2. The molecule has 0 radical (unpaired) electrons. The summed E-state index contributed by atoms with van der Waals surface area (Å²) >= 11 is 0. The van der Waals surface area contributed by atoms with Gasteiger partial charge in [0, 0.05) is 13.1 Å². The Morgan fingerprint density at radius 2 is 1.55 bits per heavy atom. The van der Waals surface area contributed by atoms with Crippen molar-refractivity contribution in [3.05, 3.63) is 95.1 Å². The molecule has 0 aromatic heterocycles. The molecule has 29 heavy (non-hydrogen) atoms. The molecule has 1 aliphatic heterocycles. The zero-order chi connectivity index (χ0) is 20.4. The fourth-order valence-corrected chi connectivity index (χ4v) is 3.73. The monoisotopic (exact) mass is 386 g/mol. The molecule has 1 atom stereocenters. The lowest BCUT2D eigenvalue weighted by Gasteiger charge is -2.20. The third-order valence-electron chi connectivity index (χ3n) is 5.32. The van der Waals surface area contributed by atoms with Crippen LogP contribution in [-0.4, -0.2) is 27.9 Å². The van der Waals surface area contributed by atoms with E-state index in [4.69, 9.17) is 10.8 Å². The number of rotatable bonds is 5. The molecule has 5 heteroatoms. The Hall–Kier alpha value is -3.44. The molecule has 0 fully saturated rings. The van der Waals surface area contributed by atoms with Crippen LogP contribution in [0.15, 0.2) is 72.8 Å². The second-order valence-electron chi connectivity index (χ2n) is 7.36. The molecule has 3 aromatic carbocycles. The number of fused-ring (bicyclic) bond motifs is 1. The zero-order valence-corrected chi connectivity index (χ0v) is 15.9. The predicted molar refractivity (Wildman–Crippen MR) is 111 cm³/mol. The van der Waals surface area contributed by atoms with Gasteiger partial charge in [0.25, 0.3) is 0 Å². The largest absolute Gasteiger partial charge is 0.478 e. The molecule has 1 amide bonds. The number of carbonyl (C=O) groups excluding carboxylic acids is 1. The fraction of sp³-hybridized carbons (Fsp3) is 0.167. The van der Waals surface area contributed by atoms with E-state index in [2.05, 4.69) is 0 Å². The Balaban J connectivity index is 1.42. The number of hydrogen-bond donors (Lipinski definition) is 2. The van der Waals surface area contributed by atoms with Crippen molar-refractivity contribution < 1.29 is 14.7 Å². The van der Waals surface area contributed by atoms with E-state index in [0.29, 0.717) is 19.5 Å². The van der Waals surface area contributed by atoms with Crippen LogP contribution < -0.4 is 5.73 Å². The summed E-state index contributed by atoms with van der Waals surface area (Å²) in [4.78, 5) is 25.7. The fourth-order valence-electron chi connectivity index (χ4n) is 3.73. The smallest absolute Gasteiger partial charge is 0.335 e. The van der Waals surface area contributed by atoms with E-state index in [1.54, 1.807) is 23.1 Å². The first-order chi connectivity index (χ1) is 14.0. The summed E-state index contributed by atoms with van der Waals surface area (Å²) in [6.45, 7) is 1.23. The first-order valence-electron chi connectivity index (χ1n) is 9.55. The lowest BCUT2D eigenvalue weighted by Crippen LogP contribution is -2.42. The number of carboxylic acid groups (broad SMARTS) is 1. The highest BCUT2D eigenvalue weighted by Gasteiger charge is 2.26. The minimum Gasteiger partial charge on any atom is -0.478 e. The molecule has 146 valence electrons. The molecule has 5 nitrogen and oxygen atoms in total. The Morgan fingerprint density at radius 1 is 0.897 bits per heavy atom. The van der Waals surface area contributed by atoms with Gasteiger partial charge in [0.1, 0.15) is 0 Å². The van der Waals surface area contributed by atoms with Gasteiger partial charge in [-0.05, 0) is 46.4 Å². The quantitative estimate of drug-likeness (QED) is 0.703. The van der Waals surface area contributed by atoms with Gasteiger partial charge in [0.15, 0.2) is 0 Å². The van der Waals surface area contributed by atoms with E-state index in [-0.39, 0.29) is 11.5 Å². The van der Waals surface area contributed by atoms with Crippen molar-refractivity contribution in [1.82, 2.24) is 4.90 Å². The molecule has 3 aromatic rings. The summed E-state index contributed by atoms with van der Waals surface area (Å²) in [5, 5.41) is 9.15. The maximum atomic E-state index is 12.8. The van der Waals surface area contributed by atoms with Crippen LogP contribution in [0.1, 0.15) is 27.0 Å². The zero-order valence-electron chi connectivity index (χ0n) is 15.9. The molecular formula is C24H22N2O3. The van der Waals surface area contributed by atoms with Gasteiger partial charge in [-0.3, -0.25) is 4.79 Å². The average molecular weight is 386 g/mol. The number of amides is 1. The number of carboxylic acids is 1. The van der Waals surface area contributed by atoms with Crippen molar-refractivity contribution in [3.63, 3.8) is 0 Å². The van der Waals surface area contributed by atoms with Crippen molar-refractivity contribution in [1.29, 1.82) is 0 Å². The van der Waals surface area contributed by atoms with Crippen LogP contribution in [0, 0.1) is 0 Å². The molecule has 0 aliphatic carbocycles. The topological polar surface area (TPSA) is 83.6 Å². The number of nitrogens with two attached hydrogens (primary N) is 1. The van der Waals surface area contributed by atoms with E-state index in [0.717, 1.165) is 16.7 Å². The Morgan fingerprint density at radius 3 is 2.17 bits per heavy atom. The van der Waals surface area contributed by atoms with Crippen molar-refractivity contribution in [3.8, 4) is 11.1 Å². The molecule has 1 heterocycles. The van der Waals surface area contributed by atoms with E-state index in [1.807, 2.05) is 54.6 Å². The maximum Gasteiger partial charge on any atom is 0.335 e. The highest BCUT2D eigenvalue weighted by Crippen LogP contribution is 2.24. The number of benzene rings is 3. The third kappa shape index (κ3) is 4.05. The van der Waals surface area contributed by atoms with Gasteiger partial charge >= 0.3 is 5.97 Å². The van der Waals surface area contributed by atoms with Gasteiger partial charge in [-0.25, -0.2) is 4.79 Å². The minimum absolute atomic E-state index is 0.0422. The number of hydrogen-bond acceptors (Lipinski definition) is 3.